The van der Waals surface area contributed by atoms with Crippen molar-refractivity contribution in [3.8, 4) is 0 Å². The van der Waals surface area contributed by atoms with Crippen molar-refractivity contribution in [1.29, 1.82) is 0 Å². The van der Waals surface area contributed by atoms with Crippen LogP contribution in [0.5, 0.6) is 0 Å². The number of fused-ring (bicyclic) bond motifs is 1. The van der Waals surface area contributed by atoms with E-state index in [4.69, 9.17) is 4.74 Å². The SMILES string of the molecule is Cn1ccc2ccc(NC(=O)c3ccc(N4CCOCC4)cc3)cc21. The highest BCUT2D eigenvalue weighted by Crippen LogP contribution is 2.21. The molecule has 0 radical (unpaired) electrons. The van der Waals surface area contributed by atoms with Crippen LogP contribution in [0.1, 0.15) is 10.4 Å². The van der Waals surface area contributed by atoms with Crippen molar-refractivity contribution in [2.45, 2.75) is 0 Å². The molecule has 1 fully saturated rings. The number of hydrogen-bond donors (Lipinski definition) is 1. The smallest absolute Gasteiger partial charge is 0.255 e. The number of morpholine rings is 1. The molecule has 0 atom stereocenters. The third kappa shape index (κ3) is 3.23. The second kappa shape index (κ2) is 6.61. The van der Waals surface area contributed by atoms with Gasteiger partial charge in [-0.15, -0.1) is 0 Å². The monoisotopic (exact) mass is 335 g/mol. The Morgan fingerprint density at radius 2 is 1.80 bits per heavy atom. The third-order valence-electron chi connectivity index (χ3n) is 4.65. The zero-order valence-electron chi connectivity index (χ0n) is 14.2. The Balaban J connectivity index is 1.48. The molecule has 1 aromatic heterocycles. The molecule has 1 amide bonds. The Morgan fingerprint density at radius 1 is 1.04 bits per heavy atom. The molecule has 2 heterocycles. The number of carbonyl (C=O) groups is 1. The average molecular weight is 335 g/mol. The van der Waals surface area contributed by atoms with Gasteiger partial charge in [0, 0.05) is 48.8 Å². The number of hydrogen-bond acceptors (Lipinski definition) is 3. The number of amides is 1. The maximum atomic E-state index is 12.5. The largest absolute Gasteiger partial charge is 0.378 e. The molecular weight excluding hydrogens is 314 g/mol. The van der Waals surface area contributed by atoms with E-state index < -0.39 is 0 Å². The number of aryl methyl sites for hydroxylation is 1. The van der Waals surface area contributed by atoms with Gasteiger partial charge < -0.3 is 19.5 Å². The van der Waals surface area contributed by atoms with E-state index in [2.05, 4.69) is 16.3 Å². The lowest BCUT2D eigenvalue weighted by molar-refractivity contribution is 0.102. The van der Waals surface area contributed by atoms with Gasteiger partial charge in [-0.2, -0.15) is 0 Å². The zero-order chi connectivity index (χ0) is 17.2. The first-order valence-electron chi connectivity index (χ1n) is 8.50. The number of nitrogens with one attached hydrogen (secondary N) is 1. The van der Waals surface area contributed by atoms with E-state index in [9.17, 15) is 4.79 Å². The maximum absolute atomic E-state index is 12.5. The summed E-state index contributed by atoms with van der Waals surface area (Å²) in [6.45, 7) is 3.29. The standard InChI is InChI=1S/C20H21N3O2/c1-22-9-8-15-2-5-17(14-19(15)22)21-20(24)16-3-6-18(7-4-16)23-10-12-25-13-11-23/h2-9,14H,10-13H2,1H3,(H,21,24). The van der Waals surface area contributed by atoms with Gasteiger partial charge >= 0.3 is 0 Å². The highest BCUT2D eigenvalue weighted by Gasteiger charge is 2.12. The van der Waals surface area contributed by atoms with Crippen LogP contribution in [-0.2, 0) is 11.8 Å². The molecule has 4 rings (SSSR count). The van der Waals surface area contributed by atoms with Gasteiger partial charge in [0.2, 0.25) is 0 Å². The minimum absolute atomic E-state index is 0.0953. The molecule has 5 nitrogen and oxygen atoms in total. The topological polar surface area (TPSA) is 46.5 Å². The summed E-state index contributed by atoms with van der Waals surface area (Å²) in [6.07, 6.45) is 2.01. The molecule has 1 aliphatic heterocycles. The number of ether oxygens (including phenoxy) is 1. The molecule has 0 saturated carbocycles. The summed E-state index contributed by atoms with van der Waals surface area (Å²) < 4.78 is 7.42. The van der Waals surface area contributed by atoms with E-state index in [1.54, 1.807) is 0 Å². The molecule has 5 heteroatoms. The van der Waals surface area contributed by atoms with Gasteiger partial charge in [-0.05, 0) is 47.9 Å². The first-order chi connectivity index (χ1) is 12.2. The van der Waals surface area contributed by atoms with Crippen LogP contribution in [0.15, 0.2) is 54.7 Å². The molecule has 128 valence electrons. The van der Waals surface area contributed by atoms with Crippen LogP contribution in [0.2, 0.25) is 0 Å². The minimum Gasteiger partial charge on any atom is -0.378 e. The summed E-state index contributed by atoms with van der Waals surface area (Å²) in [5, 5.41) is 4.14. The fourth-order valence-electron chi connectivity index (χ4n) is 3.19. The Bertz CT molecular complexity index is 893. The summed E-state index contributed by atoms with van der Waals surface area (Å²) in [7, 11) is 2.00. The van der Waals surface area contributed by atoms with E-state index >= 15 is 0 Å². The molecule has 0 unspecified atom stereocenters. The number of carbonyl (C=O) groups excluding carboxylic acids is 1. The average Bonchev–Trinajstić information content (AvgIpc) is 3.03. The highest BCUT2D eigenvalue weighted by molar-refractivity contribution is 6.05. The van der Waals surface area contributed by atoms with Crippen LogP contribution in [-0.4, -0.2) is 36.8 Å². The summed E-state index contributed by atoms with van der Waals surface area (Å²) in [5.74, 6) is -0.0953. The number of nitrogens with zero attached hydrogens (tertiary/aromatic N) is 2. The van der Waals surface area contributed by atoms with Crippen molar-refractivity contribution in [2.24, 2.45) is 7.05 Å². The minimum atomic E-state index is -0.0953. The van der Waals surface area contributed by atoms with Crippen LogP contribution < -0.4 is 10.2 Å². The Labute approximate surface area is 146 Å². The van der Waals surface area contributed by atoms with Gasteiger partial charge in [0.25, 0.3) is 5.91 Å². The lowest BCUT2D eigenvalue weighted by atomic mass is 10.1. The zero-order valence-corrected chi connectivity index (χ0v) is 14.2. The fourth-order valence-corrected chi connectivity index (χ4v) is 3.19. The number of anilines is 2. The van der Waals surface area contributed by atoms with Crippen molar-refractivity contribution >= 4 is 28.2 Å². The van der Waals surface area contributed by atoms with Crippen LogP contribution in [0.3, 0.4) is 0 Å². The Morgan fingerprint density at radius 3 is 2.56 bits per heavy atom. The van der Waals surface area contributed by atoms with Crippen molar-refractivity contribution in [1.82, 2.24) is 4.57 Å². The second-order valence-corrected chi connectivity index (χ2v) is 6.30. The molecule has 1 saturated heterocycles. The molecule has 0 aliphatic carbocycles. The van der Waals surface area contributed by atoms with Crippen LogP contribution in [0.25, 0.3) is 10.9 Å². The van der Waals surface area contributed by atoms with Crippen LogP contribution in [0.4, 0.5) is 11.4 Å². The quantitative estimate of drug-likeness (QED) is 0.799. The lowest BCUT2D eigenvalue weighted by Crippen LogP contribution is -2.36. The fraction of sp³-hybridized carbons (Fsp3) is 0.250. The Kier molecular flexibility index (Phi) is 4.15. The summed E-state index contributed by atoms with van der Waals surface area (Å²) in [6, 6.07) is 15.8. The van der Waals surface area contributed by atoms with Crippen LogP contribution >= 0.6 is 0 Å². The molecule has 0 spiro atoms. The van der Waals surface area contributed by atoms with E-state index in [-0.39, 0.29) is 5.91 Å². The molecule has 25 heavy (non-hydrogen) atoms. The molecular formula is C20H21N3O2. The van der Waals surface area contributed by atoms with Crippen LogP contribution in [0, 0.1) is 0 Å². The first kappa shape index (κ1) is 15.7. The lowest BCUT2D eigenvalue weighted by Gasteiger charge is -2.28. The summed E-state index contributed by atoms with van der Waals surface area (Å²) >= 11 is 0. The predicted molar refractivity (Wildman–Crippen MR) is 100 cm³/mol. The van der Waals surface area contributed by atoms with E-state index in [0.29, 0.717) is 5.56 Å². The van der Waals surface area contributed by atoms with Gasteiger partial charge in [-0.25, -0.2) is 0 Å². The van der Waals surface area contributed by atoms with Crippen molar-refractivity contribution in [2.75, 3.05) is 36.5 Å². The van der Waals surface area contributed by atoms with Crippen molar-refractivity contribution in [3.63, 3.8) is 0 Å². The highest BCUT2D eigenvalue weighted by atomic mass is 16.5. The number of aromatic nitrogens is 1. The third-order valence-corrected chi connectivity index (χ3v) is 4.65. The van der Waals surface area contributed by atoms with Crippen molar-refractivity contribution < 1.29 is 9.53 Å². The molecule has 2 aromatic carbocycles. The van der Waals surface area contributed by atoms with Gasteiger partial charge in [-0.3, -0.25) is 4.79 Å². The predicted octanol–water partition coefficient (Wildman–Crippen LogP) is 3.27. The van der Waals surface area contributed by atoms with Gasteiger partial charge in [0.05, 0.1) is 13.2 Å². The molecule has 1 aliphatic rings. The number of rotatable bonds is 3. The summed E-state index contributed by atoms with van der Waals surface area (Å²) in [5.41, 5.74) is 3.69. The van der Waals surface area contributed by atoms with E-state index in [1.165, 1.54) is 0 Å². The van der Waals surface area contributed by atoms with E-state index in [0.717, 1.165) is 48.6 Å². The van der Waals surface area contributed by atoms with Gasteiger partial charge in [-0.1, -0.05) is 6.07 Å². The van der Waals surface area contributed by atoms with Crippen molar-refractivity contribution in [3.05, 3.63) is 60.3 Å². The number of benzene rings is 2. The molecule has 0 bridgehead atoms. The maximum Gasteiger partial charge on any atom is 0.255 e. The van der Waals surface area contributed by atoms with Gasteiger partial charge in [0.1, 0.15) is 0 Å². The Hall–Kier alpha value is -2.79. The van der Waals surface area contributed by atoms with Gasteiger partial charge in [0.15, 0.2) is 0 Å². The molecule has 3 aromatic rings. The first-order valence-corrected chi connectivity index (χ1v) is 8.50. The molecule has 1 N–H and O–H groups in total. The normalized spacial score (nSPS) is 14.7. The van der Waals surface area contributed by atoms with E-state index in [1.807, 2.05) is 60.3 Å². The second-order valence-electron chi connectivity index (χ2n) is 6.30. The summed E-state index contributed by atoms with van der Waals surface area (Å²) in [4.78, 5) is 14.8.